The van der Waals surface area contributed by atoms with Crippen molar-refractivity contribution in [3.05, 3.63) is 41.2 Å². The van der Waals surface area contributed by atoms with E-state index in [0.717, 1.165) is 5.69 Å². The molecule has 0 unspecified atom stereocenters. The number of ether oxygens (including phenoxy) is 1. The summed E-state index contributed by atoms with van der Waals surface area (Å²) in [6.45, 7) is 6.28. The molecule has 0 fully saturated rings. The Labute approximate surface area is 134 Å². The van der Waals surface area contributed by atoms with Crippen LogP contribution in [-0.4, -0.2) is 34.0 Å². The van der Waals surface area contributed by atoms with Gasteiger partial charge in [0, 0.05) is 11.3 Å². The lowest BCUT2D eigenvalue weighted by Crippen LogP contribution is -2.18. The fourth-order valence-corrected chi connectivity index (χ4v) is 1.88. The Kier molecular flexibility index (Phi) is 5.35. The number of hydrazone groups is 1. The summed E-state index contributed by atoms with van der Waals surface area (Å²) in [5.74, 6) is 0.182. The standard InChI is InChI=1S/C16H20N4O3/c1-4-23-14-7-5-6-11(15(14)21)9-17-20-16(22)13-8-12(10(2)3)18-19-13/h5-10,21H,4H2,1-3H3,(H,18,19)(H,20,22). The van der Waals surface area contributed by atoms with E-state index in [1.807, 2.05) is 20.8 Å². The van der Waals surface area contributed by atoms with E-state index >= 15 is 0 Å². The number of nitrogens with one attached hydrogen (secondary N) is 2. The topological polar surface area (TPSA) is 99.6 Å². The third-order valence-corrected chi connectivity index (χ3v) is 3.15. The number of carbonyl (C=O) groups excluding carboxylic acids is 1. The maximum absolute atomic E-state index is 11.9. The minimum absolute atomic E-state index is 0.0192. The highest BCUT2D eigenvalue weighted by atomic mass is 16.5. The first-order valence-corrected chi connectivity index (χ1v) is 7.36. The van der Waals surface area contributed by atoms with Gasteiger partial charge in [-0.2, -0.15) is 10.2 Å². The number of aromatic hydroxyl groups is 1. The van der Waals surface area contributed by atoms with Gasteiger partial charge < -0.3 is 9.84 Å². The van der Waals surface area contributed by atoms with Crippen LogP contribution in [0.3, 0.4) is 0 Å². The van der Waals surface area contributed by atoms with Gasteiger partial charge >= 0.3 is 0 Å². The average molecular weight is 316 g/mol. The van der Waals surface area contributed by atoms with Gasteiger partial charge in [-0.05, 0) is 31.0 Å². The Morgan fingerprint density at radius 2 is 2.30 bits per heavy atom. The van der Waals surface area contributed by atoms with E-state index in [0.29, 0.717) is 17.9 Å². The summed E-state index contributed by atoms with van der Waals surface area (Å²) < 4.78 is 5.29. The molecule has 1 amide bonds. The molecule has 0 saturated heterocycles. The van der Waals surface area contributed by atoms with Crippen molar-refractivity contribution in [2.24, 2.45) is 5.10 Å². The molecule has 1 heterocycles. The van der Waals surface area contributed by atoms with Gasteiger partial charge in [-0.1, -0.05) is 19.9 Å². The molecule has 7 heteroatoms. The van der Waals surface area contributed by atoms with Gasteiger partial charge in [0.1, 0.15) is 0 Å². The molecule has 7 nitrogen and oxygen atoms in total. The number of phenolic OH excluding ortho intramolecular Hbond substituents is 1. The molecule has 0 aliphatic rings. The molecular formula is C16H20N4O3. The van der Waals surface area contributed by atoms with E-state index in [9.17, 15) is 9.90 Å². The summed E-state index contributed by atoms with van der Waals surface area (Å²) >= 11 is 0. The number of phenols is 1. The number of benzene rings is 1. The molecule has 122 valence electrons. The molecule has 0 atom stereocenters. The number of hydrogen-bond donors (Lipinski definition) is 3. The third kappa shape index (κ3) is 4.09. The quantitative estimate of drug-likeness (QED) is 0.563. The minimum atomic E-state index is -0.426. The number of rotatable bonds is 6. The van der Waals surface area contributed by atoms with Crippen LogP contribution < -0.4 is 10.2 Å². The number of carbonyl (C=O) groups is 1. The Bertz CT molecular complexity index is 707. The molecule has 0 bridgehead atoms. The van der Waals surface area contributed by atoms with Crippen LogP contribution in [-0.2, 0) is 0 Å². The van der Waals surface area contributed by atoms with E-state index < -0.39 is 5.91 Å². The molecule has 0 aliphatic heterocycles. The summed E-state index contributed by atoms with van der Waals surface area (Å²) in [6.07, 6.45) is 1.35. The van der Waals surface area contributed by atoms with E-state index in [1.54, 1.807) is 24.3 Å². The number of aromatic nitrogens is 2. The third-order valence-electron chi connectivity index (χ3n) is 3.15. The summed E-state index contributed by atoms with van der Waals surface area (Å²) in [4.78, 5) is 11.9. The van der Waals surface area contributed by atoms with Gasteiger partial charge in [0.05, 0.1) is 12.8 Å². The van der Waals surface area contributed by atoms with Crippen molar-refractivity contribution >= 4 is 12.1 Å². The maximum Gasteiger partial charge on any atom is 0.291 e. The lowest BCUT2D eigenvalue weighted by molar-refractivity contribution is 0.0950. The smallest absolute Gasteiger partial charge is 0.291 e. The molecule has 1 aromatic carbocycles. The lowest BCUT2D eigenvalue weighted by Gasteiger charge is -2.06. The van der Waals surface area contributed by atoms with Gasteiger partial charge in [-0.3, -0.25) is 9.89 Å². The van der Waals surface area contributed by atoms with Crippen molar-refractivity contribution in [2.75, 3.05) is 6.61 Å². The molecule has 2 aromatic rings. The number of para-hydroxylation sites is 1. The zero-order valence-corrected chi connectivity index (χ0v) is 13.3. The zero-order valence-electron chi connectivity index (χ0n) is 13.3. The van der Waals surface area contributed by atoms with Gasteiger partial charge in [-0.15, -0.1) is 0 Å². The second kappa shape index (κ2) is 7.44. The van der Waals surface area contributed by atoms with Gasteiger partial charge in [0.15, 0.2) is 17.2 Å². The Hall–Kier alpha value is -2.83. The Morgan fingerprint density at radius 3 is 2.96 bits per heavy atom. The van der Waals surface area contributed by atoms with Crippen LogP contribution in [0.15, 0.2) is 29.4 Å². The second-order valence-corrected chi connectivity index (χ2v) is 5.19. The van der Waals surface area contributed by atoms with Crippen LogP contribution >= 0.6 is 0 Å². The van der Waals surface area contributed by atoms with Gasteiger partial charge in [0.2, 0.25) is 0 Å². The molecule has 0 aliphatic carbocycles. The molecule has 0 spiro atoms. The fourth-order valence-electron chi connectivity index (χ4n) is 1.88. The Balaban J connectivity index is 2.03. The molecule has 23 heavy (non-hydrogen) atoms. The van der Waals surface area contributed by atoms with Crippen LogP contribution in [0.4, 0.5) is 0 Å². The van der Waals surface area contributed by atoms with Crippen molar-refractivity contribution in [2.45, 2.75) is 26.7 Å². The van der Waals surface area contributed by atoms with Crippen molar-refractivity contribution in [1.82, 2.24) is 15.6 Å². The van der Waals surface area contributed by atoms with Crippen molar-refractivity contribution in [1.29, 1.82) is 0 Å². The minimum Gasteiger partial charge on any atom is -0.504 e. The summed E-state index contributed by atoms with van der Waals surface area (Å²) in [5.41, 5.74) is 3.96. The molecule has 1 aromatic heterocycles. The molecule has 0 radical (unpaired) electrons. The summed E-state index contributed by atoms with van der Waals surface area (Å²) in [6, 6.07) is 6.74. The lowest BCUT2D eigenvalue weighted by atomic mass is 10.1. The average Bonchev–Trinajstić information content (AvgIpc) is 3.01. The maximum atomic E-state index is 11.9. The number of hydrogen-bond acceptors (Lipinski definition) is 5. The monoisotopic (exact) mass is 316 g/mol. The second-order valence-electron chi connectivity index (χ2n) is 5.19. The number of nitrogens with zero attached hydrogens (tertiary/aromatic N) is 2. The van der Waals surface area contributed by atoms with Crippen LogP contribution in [0.1, 0.15) is 48.4 Å². The normalized spacial score (nSPS) is 11.1. The van der Waals surface area contributed by atoms with Crippen molar-refractivity contribution in [3.8, 4) is 11.5 Å². The van der Waals surface area contributed by atoms with Crippen molar-refractivity contribution in [3.63, 3.8) is 0 Å². The number of amides is 1. The zero-order chi connectivity index (χ0) is 16.8. The summed E-state index contributed by atoms with van der Waals surface area (Å²) in [7, 11) is 0. The van der Waals surface area contributed by atoms with E-state index in [4.69, 9.17) is 4.74 Å². The molecule has 3 N–H and O–H groups in total. The van der Waals surface area contributed by atoms with E-state index in [1.165, 1.54) is 6.21 Å². The van der Waals surface area contributed by atoms with Crippen LogP contribution in [0, 0.1) is 0 Å². The highest BCUT2D eigenvalue weighted by molar-refractivity contribution is 5.93. The number of H-pyrrole nitrogens is 1. The highest BCUT2D eigenvalue weighted by Gasteiger charge is 2.11. The first-order valence-electron chi connectivity index (χ1n) is 7.36. The highest BCUT2D eigenvalue weighted by Crippen LogP contribution is 2.28. The first kappa shape index (κ1) is 16.5. The fraction of sp³-hybridized carbons (Fsp3) is 0.312. The van der Waals surface area contributed by atoms with Crippen LogP contribution in [0.25, 0.3) is 0 Å². The van der Waals surface area contributed by atoms with Crippen LogP contribution in [0.5, 0.6) is 11.5 Å². The summed E-state index contributed by atoms with van der Waals surface area (Å²) in [5, 5.41) is 20.6. The predicted octanol–water partition coefficient (Wildman–Crippen LogP) is 2.40. The van der Waals surface area contributed by atoms with E-state index in [2.05, 4.69) is 20.7 Å². The largest absolute Gasteiger partial charge is 0.504 e. The molecule has 2 rings (SSSR count). The predicted molar refractivity (Wildman–Crippen MR) is 87.0 cm³/mol. The van der Waals surface area contributed by atoms with E-state index in [-0.39, 0.29) is 17.4 Å². The SMILES string of the molecule is CCOc1cccc(C=NNC(=O)c2cc(C(C)C)[nH]n2)c1O. The Morgan fingerprint density at radius 1 is 1.52 bits per heavy atom. The van der Waals surface area contributed by atoms with Gasteiger partial charge in [0.25, 0.3) is 5.91 Å². The van der Waals surface area contributed by atoms with Gasteiger partial charge in [-0.25, -0.2) is 5.43 Å². The molecule has 0 saturated carbocycles. The molecular weight excluding hydrogens is 296 g/mol. The van der Waals surface area contributed by atoms with Crippen molar-refractivity contribution < 1.29 is 14.6 Å². The first-order chi connectivity index (χ1) is 11.0. The number of aromatic amines is 1. The van der Waals surface area contributed by atoms with Crippen LogP contribution in [0.2, 0.25) is 0 Å².